The van der Waals surface area contributed by atoms with Gasteiger partial charge in [-0.3, -0.25) is 0 Å². The molecule has 1 spiro atoms. The minimum atomic E-state index is -2.36. The topological polar surface area (TPSA) is 12.0 Å². The van der Waals surface area contributed by atoms with Gasteiger partial charge in [-0.25, -0.2) is 8.78 Å². The maximum atomic E-state index is 12.9. The molecule has 1 nitrogen and oxygen atoms in total. The van der Waals surface area contributed by atoms with Gasteiger partial charge < -0.3 is 5.32 Å². The number of piperidine rings is 1. The van der Waals surface area contributed by atoms with E-state index in [9.17, 15) is 8.78 Å². The predicted molar refractivity (Wildman–Crippen MR) is 48.0 cm³/mol. The van der Waals surface area contributed by atoms with Crippen LogP contribution in [0.5, 0.6) is 0 Å². The first kappa shape index (κ1) is 9.38. The zero-order valence-electron chi connectivity index (χ0n) is 7.91. The molecule has 3 heteroatoms. The summed E-state index contributed by atoms with van der Waals surface area (Å²) in [5.41, 5.74) is 0.271. The molecule has 1 aliphatic carbocycles. The van der Waals surface area contributed by atoms with E-state index in [1.165, 1.54) is 0 Å². The maximum Gasteiger partial charge on any atom is 0.248 e. The summed E-state index contributed by atoms with van der Waals surface area (Å²) in [6, 6.07) is 0. The third-order valence-corrected chi connectivity index (χ3v) is 3.71. The SMILES string of the molecule is FC1(F)CCC2(CCNCC2)CC1. The molecule has 2 fully saturated rings. The summed E-state index contributed by atoms with van der Waals surface area (Å²) in [6.45, 7) is 2.04. The molecular formula is C10H17F2N. The monoisotopic (exact) mass is 189 g/mol. The first-order valence-corrected chi connectivity index (χ1v) is 5.21. The maximum absolute atomic E-state index is 12.9. The quantitative estimate of drug-likeness (QED) is 0.617. The van der Waals surface area contributed by atoms with Crippen molar-refractivity contribution in [3.63, 3.8) is 0 Å². The summed E-state index contributed by atoms with van der Waals surface area (Å²) in [6.07, 6.45) is 3.91. The van der Waals surface area contributed by atoms with Crippen LogP contribution in [0.15, 0.2) is 0 Å². The molecule has 0 radical (unpaired) electrons. The zero-order chi connectivity index (χ0) is 9.36. The zero-order valence-corrected chi connectivity index (χ0v) is 7.91. The highest BCUT2D eigenvalue weighted by Crippen LogP contribution is 2.48. The van der Waals surface area contributed by atoms with E-state index in [2.05, 4.69) is 5.32 Å². The van der Waals surface area contributed by atoms with Gasteiger partial charge in [0.1, 0.15) is 0 Å². The number of nitrogens with one attached hydrogen (secondary N) is 1. The van der Waals surface area contributed by atoms with Gasteiger partial charge in [0.15, 0.2) is 0 Å². The number of hydrogen-bond acceptors (Lipinski definition) is 1. The van der Waals surface area contributed by atoms with Crippen molar-refractivity contribution in [2.45, 2.75) is 44.4 Å². The minimum absolute atomic E-state index is 0.118. The average molecular weight is 189 g/mol. The van der Waals surface area contributed by atoms with Crippen LogP contribution < -0.4 is 5.32 Å². The Morgan fingerprint density at radius 1 is 0.769 bits per heavy atom. The van der Waals surface area contributed by atoms with Crippen molar-refractivity contribution in [1.82, 2.24) is 5.32 Å². The second kappa shape index (κ2) is 3.19. The number of alkyl halides is 2. The van der Waals surface area contributed by atoms with Crippen LogP contribution in [-0.4, -0.2) is 19.0 Å². The second-order valence-electron chi connectivity index (χ2n) is 4.61. The summed E-state index contributed by atoms with van der Waals surface area (Å²) < 4.78 is 25.9. The van der Waals surface area contributed by atoms with Gasteiger partial charge in [0.2, 0.25) is 5.92 Å². The van der Waals surface area contributed by atoms with Crippen molar-refractivity contribution in [3.05, 3.63) is 0 Å². The number of hydrogen-bond donors (Lipinski definition) is 1. The van der Waals surface area contributed by atoms with Crippen molar-refractivity contribution in [1.29, 1.82) is 0 Å². The van der Waals surface area contributed by atoms with Crippen LogP contribution in [0.1, 0.15) is 38.5 Å². The molecule has 1 saturated carbocycles. The van der Waals surface area contributed by atoms with Crippen LogP contribution in [0.3, 0.4) is 0 Å². The summed E-state index contributed by atoms with van der Waals surface area (Å²) in [5, 5.41) is 3.29. The van der Waals surface area contributed by atoms with E-state index < -0.39 is 5.92 Å². The van der Waals surface area contributed by atoms with E-state index in [-0.39, 0.29) is 18.3 Å². The lowest BCUT2D eigenvalue weighted by atomic mass is 9.67. The Kier molecular flexibility index (Phi) is 2.30. The fourth-order valence-electron chi connectivity index (χ4n) is 2.60. The Labute approximate surface area is 77.9 Å². The normalized spacial score (nSPS) is 31.8. The molecule has 1 heterocycles. The van der Waals surface area contributed by atoms with E-state index in [0.29, 0.717) is 0 Å². The standard InChI is InChI=1S/C10H17F2N/c11-10(12)3-1-9(2-4-10)5-7-13-8-6-9/h13H,1-8H2. The molecule has 0 bridgehead atoms. The highest BCUT2D eigenvalue weighted by Gasteiger charge is 2.43. The van der Waals surface area contributed by atoms with Crippen molar-refractivity contribution in [3.8, 4) is 0 Å². The lowest BCUT2D eigenvalue weighted by Gasteiger charge is -2.43. The first-order valence-electron chi connectivity index (χ1n) is 5.21. The van der Waals surface area contributed by atoms with E-state index in [0.717, 1.165) is 38.8 Å². The van der Waals surface area contributed by atoms with Gasteiger partial charge in [0, 0.05) is 12.8 Å². The van der Waals surface area contributed by atoms with E-state index in [4.69, 9.17) is 0 Å². The molecule has 1 saturated heterocycles. The van der Waals surface area contributed by atoms with Crippen LogP contribution in [0.2, 0.25) is 0 Å². The molecule has 1 N–H and O–H groups in total. The van der Waals surface area contributed by atoms with Crippen molar-refractivity contribution < 1.29 is 8.78 Å². The van der Waals surface area contributed by atoms with Gasteiger partial charge in [0.05, 0.1) is 0 Å². The Morgan fingerprint density at radius 3 is 1.85 bits per heavy atom. The summed E-state index contributed by atoms with van der Waals surface area (Å²) >= 11 is 0. The molecule has 0 aromatic rings. The minimum Gasteiger partial charge on any atom is -0.317 e. The van der Waals surface area contributed by atoms with Gasteiger partial charge in [-0.05, 0) is 44.2 Å². The van der Waals surface area contributed by atoms with Crippen LogP contribution >= 0.6 is 0 Å². The molecule has 1 aliphatic heterocycles. The molecule has 76 valence electrons. The molecule has 0 aromatic carbocycles. The number of rotatable bonds is 0. The summed E-state index contributed by atoms with van der Waals surface area (Å²) in [5.74, 6) is -2.36. The van der Waals surface area contributed by atoms with Crippen LogP contribution in [0, 0.1) is 5.41 Å². The largest absolute Gasteiger partial charge is 0.317 e. The summed E-state index contributed by atoms with van der Waals surface area (Å²) in [4.78, 5) is 0. The van der Waals surface area contributed by atoms with E-state index in [1.54, 1.807) is 0 Å². The lowest BCUT2D eigenvalue weighted by molar-refractivity contribution is -0.0732. The van der Waals surface area contributed by atoms with Gasteiger partial charge in [-0.1, -0.05) is 0 Å². The van der Waals surface area contributed by atoms with Crippen LogP contribution in [0.25, 0.3) is 0 Å². The van der Waals surface area contributed by atoms with Crippen molar-refractivity contribution in [2.24, 2.45) is 5.41 Å². The van der Waals surface area contributed by atoms with E-state index >= 15 is 0 Å². The molecule has 13 heavy (non-hydrogen) atoms. The first-order chi connectivity index (χ1) is 6.12. The predicted octanol–water partition coefficient (Wildman–Crippen LogP) is 2.57. The van der Waals surface area contributed by atoms with Crippen molar-refractivity contribution >= 4 is 0 Å². The van der Waals surface area contributed by atoms with E-state index in [1.807, 2.05) is 0 Å². The summed E-state index contributed by atoms with van der Waals surface area (Å²) in [7, 11) is 0. The molecule has 0 aromatic heterocycles. The van der Waals surface area contributed by atoms with Gasteiger partial charge in [0.25, 0.3) is 0 Å². The highest BCUT2D eigenvalue weighted by molar-refractivity contribution is 4.91. The van der Waals surface area contributed by atoms with Crippen molar-refractivity contribution in [2.75, 3.05) is 13.1 Å². The second-order valence-corrected chi connectivity index (χ2v) is 4.61. The van der Waals surface area contributed by atoms with Crippen LogP contribution in [-0.2, 0) is 0 Å². The molecule has 2 aliphatic rings. The average Bonchev–Trinajstić information content (AvgIpc) is 2.13. The van der Waals surface area contributed by atoms with Gasteiger partial charge in [-0.15, -0.1) is 0 Å². The highest BCUT2D eigenvalue weighted by atomic mass is 19.3. The molecule has 0 amide bonds. The Bertz CT molecular complexity index is 173. The smallest absolute Gasteiger partial charge is 0.248 e. The molecule has 0 atom stereocenters. The van der Waals surface area contributed by atoms with Gasteiger partial charge in [-0.2, -0.15) is 0 Å². The third kappa shape index (κ3) is 2.01. The lowest BCUT2D eigenvalue weighted by Crippen LogP contribution is -2.41. The Morgan fingerprint density at radius 2 is 1.31 bits per heavy atom. The van der Waals surface area contributed by atoms with Gasteiger partial charge >= 0.3 is 0 Å². The molecule has 2 rings (SSSR count). The number of halogens is 2. The molecular weight excluding hydrogens is 172 g/mol. The Hall–Kier alpha value is -0.180. The third-order valence-electron chi connectivity index (χ3n) is 3.71. The fraction of sp³-hybridized carbons (Fsp3) is 1.00. The fourth-order valence-corrected chi connectivity index (χ4v) is 2.60. The Balaban J connectivity index is 1.95. The van der Waals surface area contributed by atoms with Crippen LogP contribution in [0.4, 0.5) is 8.78 Å². The molecule has 0 unspecified atom stereocenters.